The van der Waals surface area contributed by atoms with Crippen molar-refractivity contribution in [2.75, 3.05) is 13.1 Å². The molecule has 1 saturated heterocycles. The standard InChI is InChI=1S/C13H15ClN2O2/c1-13(2)12(18)15-7-8-16(13)11(17)9-3-5-10(14)6-4-9/h3-6H,7-8H2,1-2H3,(H,15,18). The molecule has 1 fully saturated rings. The average Bonchev–Trinajstić information content (AvgIpc) is 2.33. The van der Waals surface area contributed by atoms with E-state index in [0.29, 0.717) is 23.7 Å². The van der Waals surface area contributed by atoms with Gasteiger partial charge < -0.3 is 10.2 Å². The second kappa shape index (κ2) is 4.61. The van der Waals surface area contributed by atoms with Gasteiger partial charge in [0.15, 0.2) is 0 Å². The van der Waals surface area contributed by atoms with E-state index in [1.807, 2.05) is 0 Å². The topological polar surface area (TPSA) is 49.4 Å². The summed E-state index contributed by atoms with van der Waals surface area (Å²) in [5.41, 5.74) is -0.281. The molecule has 96 valence electrons. The molecule has 0 saturated carbocycles. The van der Waals surface area contributed by atoms with Crippen LogP contribution in [0.1, 0.15) is 24.2 Å². The molecule has 2 rings (SSSR count). The Labute approximate surface area is 111 Å². The monoisotopic (exact) mass is 266 g/mol. The third kappa shape index (κ3) is 2.20. The molecular formula is C13H15ClN2O2. The summed E-state index contributed by atoms with van der Waals surface area (Å²) in [5.74, 6) is -0.275. The van der Waals surface area contributed by atoms with Gasteiger partial charge >= 0.3 is 0 Å². The van der Waals surface area contributed by atoms with Gasteiger partial charge in [0, 0.05) is 23.7 Å². The van der Waals surface area contributed by atoms with Crippen molar-refractivity contribution in [1.29, 1.82) is 0 Å². The smallest absolute Gasteiger partial charge is 0.254 e. The molecule has 4 nitrogen and oxygen atoms in total. The summed E-state index contributed by atoms with van der Waals surface area (Å²) >= 11 is 5.79. The van der Waals surface area contributed by atoms with Crippen molar-refractivity contribution in [1.82, 2.24) is 10.2 Å². The SMILES string of the molecule is CC1(C)C(=O)NCCN1C(=O)c1ccc(Cl)cc1. The van der Waals surface area contributed by atoms with E-state index in [9.17, 15) is 9.59 Å². The highest BCUT2D eigenvalue weighted by atomic mass is 35.5. The second-order valence-electron chi connectivity index (χ2n) is 4.78. The largest absolute Gasteiger partial charge is 0.352 e. The predicted octanol–water partition coefficient (Wildman–Crippen LogP) is 1.69. The van der Waals surface area contributed by atoms with Crippen LogP contribution in [0.5, 0.6) is 0 Å². The van der Waals surface area contributed by atoms with E-state index < -0.39 is 5.54 Å². The van der Waals surface area contributed by atoms with Gasteiger partial charge in [-0.1, -0.05) is 11.6 Å². The van der Waals surface area contributed by atoms with Gasteiger partial charge in [0.25, 0.3) is 5.91 Å². The lowest BCUT2D eigenvalue weighted by atomic mass is 9.97. The Bertz CT molecular complexity index is 482. The summed E-state index contributed by atoms with van der Waals surface area (Å²) in [7, 11) is 0. The van der Waals surface area contributed by atoms with Crippen LogP contribution >= 0.6 is 11.6 Å². The summed E-state index contributed by atoms with van der Waals surface area (Å²) in [6.07, 6.45) is 0. The highest BCUT2D eigenvalue weighted by Gasteiger charge is 2.40. The molecule has 0 atom stereocenters. The van der Waals surface area contributed by atoms with Crippen LogP contribution < -0.4 is 5.32 Å². The lowest BCUT2D eigenvalue weighted by Gasteiger charge is -2.41. The number of nitrogens with one attached hydrogen (secondary N) is 1. The zero-order valence-corrected chi connectivity index (χ0v) is 11.1. The highest BCUT2D eigenvalue weighted by Crippen LogP contribution is 2.21. The fourth-order valence-corrected chi connectivity index (χ4v) is 2.13. The summed E-state index contributed by atoms with van der Waals surface area (Å²) < 4.78 is 0. The van der Waals surface area contributed by atoms with Gasteiger partial charge in [0.2, 0.25) is 5.91 Å². The van der Waals surface area contributed by atoms with E-state index >= 15 is 0 Å². The van der Waals surface area contributed by atoms with Crippen molar-refractivity contribution in [3.05, 3.63) is 34.9 Å². The van der Waals surface area contributed by atoms with E-state index in [1.165, 1.54) is 0 Å². The lowest BCUT2D eigenvalue weighted by Crippen LogP contribution is -2.63. The number of amides is 2. The first-order valence-electron chi connectivity index (χ1n) is 5.79. The number of hydrogen-bond donors (Lipinski definition) is 1. The number of carbonyl (C=O) groups excluding carboxylic acids is 2. The highest BCUT2D eigenvalue weighted by molar-refractivity contribution is 6.30. The van der Waals surface area contributed by atoms with Crippen molar-refractivity contribution in [2.24, 2.45) is 0 Å². The van der Waals surface area contributed by atoms with Crippen molar-refractivity contribution >= 4 is 23.4 Å². The normalized spacial score (nSPS) is 18.4. The molecule has 1 aliphatic rings. The van der Waals surface area contributed by atoms with Crippen molar-refractivity contribution in [3.63, 3.8) is 0 Å². The minimum absolute atomic E-state index is 0.129. The number of rotatable bonds is 1. The Balaban J connectivity index is 2.28. The van der Waals surface area contributed by atoms with Crippen LogP contribution in [0, 0.1) is 0 Å². The van der Waals surface area contributed by atoms with Gasteiger partial charge in [-0.2, -0.15) is 0 Å². The van der Waals surface area contributed by atoms with E-state index in [0.717, 1.165) is 0 Å². The first-order valence-corrected chi connectivity index (χ1v) is 6.16. The maximum atomic E-state index is 12.4. The molecule has 0 spiro atoms. The second-order valence-corrected chi connectivity index (χ2v) is 5.22. The lowest BCUT2D eigenvalue weighted by molar-refractivity contribution is -0.133. The summed E-state index contributed by atoms with van der Waals surface area (Å²) in [4.78, 5) is 25.8. The van der Waals surface area contributed by atoms with Crippen LogP contribution in [0.2, 0.25) is 5.02 Å². The quantitative estimate of drug-likeness (QED) is 0.841. The molecule has 5 heteroatoms. The number of nitrogens with zero attached hydrogens (tertiary/aromatic N) is 1. The molecule has 1 heterocycles. The van der Waals surface area contributed by atoms with E-state index in [-0.39, 0.29) is 11.8 Å². The van der Waals surface area contributed by atoms with Gasteiger partial charge in [-0.15, -0.1) is 0 Å². The van der Waals surface area contributed by atoms with Crippen molar-refractivity contribution < 1.29 is 9.59 Å². The zero-order valence-electron chi connectivity index (χ0n) is 10.4. The predicted molar refractivity (Wildman–Crippen MR) is 69.6 cm³/mol. The average molecular weight is 267 g/mol. The van der Waals surface area contributed by atoms with E-state index in [1.54, 1.807) is 43.0 Å². The minimum Gasteiger partial charge on any atom is -0.352 e. The minimum atomic E-state index is -0.824. The van der Waals surface area contributed by atoms with Crippen LogP contribution in [-0.2, 0) is 4.79 Å². The van der Waals surface area contributed by atoms with Crippen molar-refractivity contribution in [2.45, 2.75) is 19.4 Å². The van der Waals surface area contributed by atoms with E-state index in [4.69, 9.17) is 11.6 Å². The Morgan fingerprint density at radius 1 is 1.33 bits per heavy atom. The number of benzene rings is 1. The molecule has 1 aromatic carbocycles. The third-order valence-electron chi connectivity index (χ3n) is 3.19. The Kier molecular flexibility index (Phi) is 3.30. The number of hydrogen-bond acceptors (Lipinski definition) is 2. The van der Waals surface area contributed by atoms with Crippen LogP contribution in [-0.4, -0.2) is 35.3 Å². The van der Waals surface area contributed by atoms with Gasteiger partial charge in [0.1, 0.15) is 5.54 Å². The zero-order chi connectivity index (χ0) is 13.3. The molecule has 0 aliphatic carbocycles. The van der Waals surface area contributed by atoms with Crippen LogP contribution in [0.4, 0.5) is 0 Å². The number of piperazine rings is 1. The van der Waals surface area contributed by atoms with Crippen LogP contribution in [0.25, 0.3) is 0 Å². The molecular weight excluding hydrogens is 252 g/mol. The molecule has 1 aliphatic heterocycles. The Morgan fingerprint density at radius 2 is 1.94 bits per heavy atom. The number of carbonyl (C=O) groups is 2. The molecule has 1 aromatic rings. The van der Waals surface area contributed by atoms with Gasteiger partial charge in [0.05, 0.1) is 0 Å². The third-order valence-corrected chi connectivity index (χ3v) is 3.44. The van der Waals surface area contributed by atoms with Crippen molar-refractivity contribution in [3.8, 4) is 0 Å². The van der Waals surface area contributed by atoms with Gasteiger partial charge in [-0.05, 0) is 38.1 Å². The molecule has 1 N–H and O–H groups in total. The molecule has 18 heavy (non-hydrogen) atoms. The Hall–Kier alpha value is -1.55. The van der Waals surface area contributed by atoms with Gasteiger partial charge in [-0.3, -0.25) is 9.59 Å². The number of halogens is 1. The fourth-order valence-electron chi connectivity index (χ4n) is 2.00. The maximum Gasteiger partial charge on any atom is 0.254 e. The summed E-state index contributed by atoms with van der Waals surface area (Å²) in [6, 6.07) is 6.69. The van der Waals surface area contributed by atoms with Crippen LogP contribution in [0.15, 0.2) is 24.3 Å². The molecule has 0 aromatic heterocycles. The van der Waals surface area contributed by atoms with Gasteiger partial charge in [-0.25, -0.2) is 0 Å². The first kappa shape index (κ1) is 12.9. The molecule has 0 radical (unpaired) electrons. The first-order chi connectivity index (χ1) is 8.43. The Morgan fingerprint density at radius 3 is 2.56 bits per heavy atom. The molecule has 0 bridgehead atoms. The fraction of sp³-hybridized carbons (Fsp3) is 0.385. The van der Waals surface area contributed by atoms with E-state index in [2.05, 4.69) is 5.32 Å². The summed E-state index contributed by atoms with van der Waals surface area (Å²) in [5, 5.41) is 3.35. The van der Waals surface area contributed by atoms with Crippen LogP contribution in [0.3, 0.4) is 0 Å². The molecule has 2 amide bonds. The summed E-state index contributed by atoms with van der Waals surface area (Å²) in [6.45, 7) is 4.49. The maximum absolute atomic E-state index is 12.4. The molecule has 0 unspecified atom stereocenters.